The molecule has 0 unspecified atom stereocenters. The molecule has 0 bridgehead atoms. The van der Waals surface area contributed by atoms with E-state index in [4.69, 9.17) is 0 Å². The molecule has 1 aliphatic rings. The third kappa shape index (κ3) is 4.32. The topological polar surface area (TPSA) is 32.3 Å². The summed E-state index contributed by atoms with van der Waals surface area (Å²) in [6.45, 7) is 11.4. The number of nitrogens with zero attached hydrogens (tertiary/aromatic N) is 1. The van der Waals surface area contributed by atoms with E-state index in [1.807, 2.05) is 0 Å². The van der Waals surface area contributed by atoms with E-state index < -0.39 is 10.8 Å². The summed E-state index contributed by atoms with van der Waals surface area (Å²) in [5.74, 6) is 1.60. The first-order valence-electron chi connectivity index (χ1n) is 7.30. The van der Waals surface area contributed by atoms with Crippen LogP contribution in [0.15, 0.2) is 18.2 Å². The quantitative estimate of drug-likeness (QED) is 0.929. The normalized spacial score (nSPS) is 17.5. The zero-order valence-corrected chi connectivity index (χ0v) is 13.8. The van der Waals surface area contributed by atoms with Crippen molar-refractivity contribution in [1.29, 1.82) is 0 Å². The molecule has 112 valence electrons. The van der Waals surface area contributed by atoms with Crippen LogP contribution in [0, 0.1) is 6.92 Å². The van der Waals surface area contributed by atoms with Crippen LogP contribution in [0.2, 0.25) is 0 Å². The molecule has 0 atom stereocenters. The van der Waals surface area contributed by atoms with Crippen LogP contribution in [0.1, 0.15) is 31.9 Å². The van der Waals surface area contributed by atoms with Crippen molar-refractivity contribution < 1.29 is 4.21 Å². The van der Waals surface area contributed by atoms with E-state index in [9.17, 15) is 4.21 Å². The summed E-state index contributed by atoms with van der Waals surface area (Å²) in [4.78, 5) is 2.36. The van der Waals surface area contributed by atoms with Gasteiger partial charge in [-0.1, -0.05) is 12.1 Å². The molecule has 0 spiro atoms. The van der Waals surface area contributed by atoms with E-state index in [1.54, 1.807) is 0 Å². The molecule has 0 radical (unpaired) electrons. The van der Waals surface area contributed by atoms with Gasteiger partial charge in [0.05, 0.1) is 0 Å². The average Bonchev–Trinajstić information content (AvgIpc) is 2.37. The number of aryl methyl sites for hydroxylation is 1. The number of anilines is 1. The van der Waals surface area contributed by atoms with Crippen molar-refractivity contribution in [2.75, 3.05) is 29.5 Å². The highest BCUT2D eigenvalue weighted by Gasteiger charge is 2.17. The Morgan fingerprint density at radius 1 is 1.25 bits per heavy atom. The molecule has 1 aromatic carbocycles. The number of hydrogen-bond donors (Lipinski definition) is 1. The van der Waals surface area contributed by atoms with Gasteiger partial charge in [-0.25, -0.2) is 0 Å². The summed E-state index contributed by atoms with van der Waals surface area (Å²) < 4.78 is 11.4. The van der Waals surface area contributed by atoms with Crippen molar-refractivity contribution in [3.8, 4) is 0 Å². The monoisotopic (exact) mass is 294 g/mol. The molecular formula is C16H26N2OS. The number of benzene rings is 1. The van der Waals surface area contributed by atoms with E-state index in [1.165, 1.54) is 16.8 Å². The largest absolute Gasteiger partial charge is 0.369 e. The molecule has 1 N–H and O–H groups in total. The zero-order valence-electron chi connectivity index (χ0n) is 13.0. The fourth-order valence-corrected chi connectivity index (χ4v) is 3.48. The maximum absolute atomic E-state index is 11.4. The predicted octanol–water partition coefficient (Wildman–Crippen LogP) is 2.45. The van der Waals surface area contributed by atoms with Crippen molar-refractivity contribution >= 4 is 16.5 Å². The zero-order chi connectivity index (χ0) is 14.8. The summed E-state index contributed by atoms with van der Waals surface area (Å²) in [7, 11) is -0.610. The van der Waals surface area contributed by atoms with Gasteiger partial charge in [0.1, 0.15) is 0 Å². The smallest absolute Gasteiger partial charge is 0.0411 e. The van der Waals surface area contributed by atoms with Crippen molar-refractivity contribution in [2.24, 2.45) is 0 Å². The van der Waals surface area contributed by atoms with Crippen LogP contribution in [0.3, 0.4) is 0 Å². The number of hydrogen-bond acceptors (Lipinski definition) is 3. The maximum atomic E-state index is 11.4. The second-order valence-electron chi connectivity index (χ2n) is 6.56. The summed E-state index contributed by atoms with van der Waals surface area (Å²) in [5, 5.41) is 3.52. The molecule has 0 aliphatic carbocycles. The fourth-order valence-electron chi connectivity index (χ4n) is 2.43. The highest BCUT2D eigenvalue weighted by atomic mass is 32.2. The summed E-state index contributed by atoms with van der Waals surface area (Å²) in [6, 6.07) is 6.68. The Morgan fingerprint density at radius 3 is 2.45 bits per heavy atom. The lowest BCUT2D eigenvalue weighted by Gasteiger charge is -2.30. The van der Waals surface area contributed by atoms with Crippen LogP contribution < -0.4 is 10.2 Å². The van der Waals surface area contributed by atoms with Gasteiger partial charge in [-0.3, -0.25) is 4.21 Å². The van der Waals surface area contributed by atoms with E-state index in [0.717, 1.165) is 31.1 Å². The van der Waals surface area contributed by atoms with Crippen molar-refractivity contribution in [1.82, 2.24) is 5.32 Å². The lowest BCUT2D eigenvalue weighted by molar-refractivity contribution is 0.424. The summed E-state index contributed by atoms with van der Waals surface area (Å²) in [6.07, 6.45) is 0. The minimum atomic E-state index is -0.610. The van der Waals surface area contributed by atoms with Gasteiger partial charge >= 0.3 is 0 Å². The van der Waals surface area contributed by atoms with Gasteiger partial charge in [-0.2, -0.15) is 0 Å². The SMILES string of the molecule is Cc1cc(CNC(C)(C)C)ccc1N1CCS(=O)CC1. The van der Waals surface area contributed by atoms with Crippen molar-refractivity contribution in [3.05, 3.63) is 29.3 Å². The average molecular weight is 294 g/mol. The van der Waals surface area contributed by atoms with E-state index in [0.29, 0.717) is 0 Å². The Balaban J connectivity index is 2.04. The molecule has 0 amide bonds. The molecule has 20 heavy (non-hydrogen) atoms. The minimum Gasteiger partial charge on any atom is -0.369 e. The highest BCUT2D eigenvalue weighted by Crippen LogP contribution is 2.23. The fraction of sp³-hybridized carbons (Fsp3) is 0.625. The molecule has 0 saturated carbocycles. The van der Waals surface area contributed by atoms with Gasteiger partial charge in [-0.15, -0.1) is 0 Å². The molecule has 1 saturated heterocycles. The molecule has 1 aliphatic heterocycles. The number of nitrogens with one attached hydrogen (secondary N) is 1. The Bertz CT molecular complexity index is 484. The van der Waals surface area contributed by atoms with E-state index in [-0.39, 0.29) is 5.54 Å². The lowest BCUT2D eigenvalue weighted by atomic mass is 10.1. The molecule has 1 fully saturated rings. The molecule has 1 aromatic rings. The molecule has 4 heteroatoms. The molecule has 2 rings (SSSR count). The summed E-state index contributed by atoms with van der Waals surface area (Å²) in [5.41, 5.74) is 4.07. The van der Waals surface area contributed by atoms with Crippen LogP contribution in [-0.2, 0) is 17.3 Å². The van der Waals surface area contributed by atoms with Crippen LogP contribution in [0.5, 0.6) is 0 Å². The second kappa shape index (κ2) is 6.27. The van der Waals surface area contributed by atoms with E-state index >= 15 is 0 Å². The first-order valence-corrected chi connectivity index (χ1v) is 8.78. The summed E-state index contributed by atoms with van der Waals surface area (Å²) >= 11 is 0. The van der Waals surface area contributed by atoms with Crippen molar-refractivity contribution in [3.63, 3.8) is 0 Å². The van der Waals surface area contributed by atoms with Gasteiger partial charge < -0.3 is 10.2 Å². The second-order valence-corrected chi connectivity index (χ2v) is 8.26. The van der Waals surface area contributed by atoms with Crippen LogP contribution in [0.25, 0.3) is 0 Å². The Morgan fingerprint density at radius 2 is 1.90 bits per heavy atom. The van der Waals surface area contributed by atoms with Gasteiger partial charge in [0.2, 0.25) is 0 Å². The predicted molar refractivity (Wildman–Crippen MR) is 87.9 cm³/mol. The van der Waals surface area contributed by atoms with Gasteiger partial charge in [0.15, 0.2) is 0 Å². The standard InChI is InChI=1S/C16H26N2OS/c1-13-11-14(12-17-16(2,3)4)5-6-15(13)18-7-9-20(19)10-8-18/h5-6,11,17H,7-10,12H2,1-4H3. The Hall–Kier alpha value is -0.870. The molecule has 1 heterocycles. The first kappa shape index (κ1) is 15.5. The minimum absolute atomic E-state index is 0.142. The molecule has 3 nitrogen and oxygen atoms in total. The van der Waals surface area contributed by atoms with Gasteiger partial charge in [0, 0.05) is 53.2 Å². The first-order chi connectivity index (χ1) is 9.35. The maximum Gasteiger partial charge on any atom is 0.0411 e. The highest BCUT2D eigenvalue weighted by molar-refractivity contribution is 7.85. The van der Waals surface area contributed by atoms with Crippen LogP contribution >= 0.6 is 0 Å². The molecular weight excluding hydrogens is 268 g/mol. The Kier molecular flexibility index (Phi) is 4.86. The third-order valence-electron chi connectivity index (χ3n) is 3.60. The van der Waals surface area contributed by atoms with Crippen molar-refractivity contribution in [2.45, 2.75) is 39.8 Å². The third-order valence-corrected chi connectivity index (χ3v) is 4.88. The Labute approximate surface area is 125 Å². The van der Waals surface area contributed by atoms with Gasteiger partial charge in [0.25, 0.3) is 0 Å². The van der Waals surface area contributed by atoms with Gasteiger partial charge in [-0.05, 0) is 44.9 Å². The van der Waals surface area contributed by atoms with Crippen LogP contribution in [0.4, 0.5) is 5.69 Å². The van der Waals surface area contributed by atoms with E-state index in [2.05, 4.69) is 56.1 Å². The van der Waals surface area contributed by atoms with Crippen LogP contribution in [-0.4, -0.2) is 34.3 Å². The lowest BCUT2D eigenvalue weighted by Crippen LogP contribution is -2.38. The molecule has 0 aromatic heterocycles. The number of rotatable bonds is 3.